The predicted molar refractivity (Wildman–Crippen MR) is 112 cm³/mol. The monoisotopic (exact) mass is 403 g/mol. The fourth-order valence-electron chi connectivity index (χ4n) is 3.56. The zero-order valence-corrected chi connectivity index (χ0v) is 16.7. The van der Waals surface area contributed by atoms with Crippen LogP contribution >= 0.6 is 0 Å². The van der Waals surface area contributed by atoms with Gasteiger partial charge in [-0.1, -0.05) is 24.3 Å². The predicted octanol–water partition coefficient (Wildman–Crippen LogP) is 4.64. The lowest BCUT2D eigenvalue weighted by molar-refractivity contribution is 0.0472. The van der Waals surface area contributed by atoms with Crippen LogP contribution in [0.4, 0.5) is 0 Å². The van der Waals surface area contributed by atoms with Crippen molar-refractivity contribution in [3.05, 3.63) is 89.1 Å². The lowest BCUT2D eigenvalue weighted by atomic mass is 10.1. The zero-order valence-electron chi connectivity index (χ0n) is 16.7. The third-order valence-corrected chi connectivity index (χ3v) is 5.19. The molecule has 0 spiro atoms. The standard InChI is InChI=1S/C24H21NO5/c1-15-10-20(16(2)25(15)13-19-8-5-9-29-19)23(27)14-30-24(28)21-11-17-6-3-4-7-18(17)12-22(21)26/h3-12,26H,13-14H2,1-2H3. The Bertz CT molecular complexity index is 1230. The Morgan fingerprint density at radius 3 is 2.43 bits per heavy atom. The number of aromatic hydroxyl groups is 1. The Labute approximate surface area is 173 Å². The molecule has 0 bridgehead atoms. The molecule has 0 radical (unpaired) electrons. The Morgan fingerprint density at radius 2 is 1.73 bits per heavy atom. The highest BCUT2D eigenvalue weighted by Gasteiger charge is 2.20. The van der Waals surface area contributed by atoms with E-state index in [-0.39, 0.29) is 17.1 Å². The van der Waals surface area contributed by atoms with Gasteiger partial charge in [0.1, 0.15) is 17.1 Å². The maximum absolute atomic E-state index is 12.7. The summed E-state index contributed by atoms with van der Waals surface area (Å²) in [6.07, 6.45) is 1.61. The summed E-state index contributed by atoms with van der Waals surface area (Å²) in [5.41, 5.74) is 2.21. The number of nitrogens with zero attached hydrogens (tertiary/aromatic N) is 1. The van der Waals surface area contributed by atoms with Crippen LogP contribution in [0, 0.1) is 13.8 Å². The van der Waals surface area contributed by atoms with Crippen molar-refractivity contribution in [2.24, 2.45) is 0 Å². The molecule has 0 saturated heterocycles. The highest BCUT2D eigenvalue weighted by Crippen LogP contribution is 2.26. The second-order valence-corrected chi connectivity index (χ2v) is 7.17. The number of rotatable bonds is 6. The first kappa shape index (κ1) is 19.5. The van der Waals surface area contributed by atoms with Crippen molar-refractivity contribution < 1.29 is 23.8 Å². The molecule has 2 aromatic heterocycles. The van der Waals surface area contributed by atoms with E-state index in [1.54, 1.807) is 18.4 Å². The first-order valence-electron chi connectivity index (χ1n) is 9.55. The molecule has 0 saturated carbocycles. The van der Waals surface area contributed by atoms with Crippen molar-refractivity contribution in [3.63, 3.8) is 0 Å². The number of phenolic OH excluding ortho intramolecular Hbond substituents is 1. The molecule has 4 aromatic rings. The quantitative estimate of drug-likeness (QED) is 0.374. The summed E-state index contributed by atoms with van der Waals surface area (Å²) >= 11 is 0. The molecule has 30 heavy (non-hydrogen) atoms. The lowest BCUT2D eigenvalue weighted by Crippen LogP contribution is -2.15. The number of esters is 1. The molecule has 2 aromatic carbocycles. The maximum atomic E-state index is 12.7. The SMILES string of the molecule is Cc1cc(C(=O)COC(=O)c2cc3ccccc3cc2O)c(C)n1Cc1ccco1. The van der Waals surface area contributed by atoms with E-state index in [1.165, 1.54) is 6.07 Å². The van der Waals surface area contributed by atoms with Gasteiger partial charge in [0.05, 0.1) is 12.8 Å². The lowest BCUT2D eigenvalue weighted by Gasteiger charge is -2.09. The highest BCUT2D eigenvalue weighted by molar-refractivity contribution is 6.02. The van der Waals surface area contributed by atoms with Gasteiger partial charge in [-0.05, 0) is 55.0 Å². The highest BCUT2D eigenvalue weighted by atomic mass is 16.5. The van der Waals surface area contributed by atoms with E-state index >= 15 is 0 Å². The van der Waals surface area contributed by atoms with Gasteiger partial charge in [-0.15, -0.1) is 0 Å². The number of hydrogen-bond acceptors (Lipinski definition) is 5. The number of carbonyl (C=O) groups excluding carboxylic acids is 2. The number of hydrogen-bond donors (Lipinski definition) is 1. The largest absolute Gasteiger partial charge is 0.507 e. The molecule has 2 heterocycles. The topological polar surface area (TPSA) is 81.7 Å². The Balaban J connectivity index is 1.48. The molecule has 4 rings (SSSR count). The van der Waals surface area contributed by atoms with Gasteiger partial charge in [-0.2, -0.15) is 0 Å². The van der Waals surface area contributed by atoms with E-state index in [2.05, 4.69) is 0 Å². The molecule has 152 valence electrons. The van der Waals surface area contributed by atoms with E-state index in [4.69, 9.17) is 9.15 Å². The summed E-state index contributed by atoms with van der Waals surface area (Å²) in [5.74, 6) is -0.435. The normalized spacial score (nSPS) is 11.0. The van der Waals surface area contributed by atoms with Gasteiger partial charge < -0.3 is 18.8 Å². The van der Waals surface area contributed by atoms with Crippen LogP contribution in [0.3, 0.4) is 0 Å². The van der Waals surface area contributed by atoms with Crippen LogP contribution in [0.25, 0.3) is 10.8 Å². The number of ether oxygens (including phenoxy) is 1. The van der Waals surface area contributed by atoms with Gasteiger partial charge in [0.25, 0.3) is 0 Å². The summed E-state index contributed by atoms with van der Waals surface area (Å²) in [6, 6.07) is 15.9. The van der Waals surface area contributed by atoms with E-state index in [9.17, 15) is 14.7 Å². The molecule has 0 unspecified atom stereocenters. The molecule has 0 fully saturated rings. The summed E-state index contributed by atoms with van der Waals surface area (Å²) in [7, 11) is 0. The number of ketones is 1. The van der Waals surface area contributed by atoms with Crippen LogP contribution in [0.5, 0.6) is 5.75 Å². The average molecular weight is 403 g/mol. The molecular weight excluding hydrogens is 382 g/mol. The van der Waals surface area contributed by atoms with E-state index < -0.39 is 12.6 Å². The minimum Gasteiger partial charge on any atom is -0.507 e. The number of Topliss-reactive ketones (excluding diaryl/α,β-unsaturated/α-hetero) is 1. The number of carbonyl (C=O) groups is 2. The molecule has 1 N–H and O–H groups in total. The fourth-order valence-corrected chi connectivity index (χ4v) is 3.56. The van der Waals surface area contributed by atoms with Gasteiger partial charge in [0, 0.05) is 17.0 Å². The van der Waals surface area contributed by atoms with E-state index in [1.807, 2.05) is 54.8 Å². The third-order valence-electron chi connectivity index (χ3n) is 5.19. The number of furan rings is 1. The minimum absolute atomic E-state index is 0.0322. The number of benzene rings is 2. The van der Waals surface area contributed by atoms with Crippen LogP contribution in [-0.4, -0.2) is 28.0 Å². The van der Waals surface area contributed by atoms with Crippen LogP contribution in [-0.2, 0) is 11.3 Å². The van der Waals surface area contributed by atoms with Gasteiger partial charge in [-0.25, -0.2) is 4.79 Å². The summed E-state index contributed by atoms with van der Waals surface area (Å²) in [6.45, 7) is 3.87. The van der Waals surface area contributed by atoms with Crippen molar-refractivity contribution in [1.82, 2.24) is 4.57 Å². The van der Waals surface area contributed by atoms with Crippen LogP contribution < -0.4 is 0 Å². The second-order valence-electron chi connectivity index (χ2n) is 7.17. The van der Waals surface area contributed by atoms with Crippen LogP contribution in [0.2, 0.25) is 0 Å². The van der Waals surface area contributed by atoms with Crippen molar-refractivity contribution >= 4 is 22.5 Å². The second kappa shape index (κ2) is 7.91. The summed E-state index contributed by atoms with van der Waals surface area (Å²) in [5, 5.41) is 11.8. The molecule has 0 aliphatic carbocycles. The van der Waals surface area contributed by atoms with Gasteiger partial charge in [0.2, 0.25) is 5.78 Å². The number of fused-ring (bicyclic) bond motifs is 1. The van der Waals surface area contributed by atoms with Crippen molar-refractivity contribution in [1.29, 1.82) is 0 Å². The van der Waals surface area contributed by atoms with Gasteiger partial charge in [0.15, 0.2) is 6.61 Å². The minimum atomic E-state index is -0.740. The number of phenols is 1. The first-order chi connectivity index (χ1) is 14.4. The summed E-state index contributed by atoms with van der Waals surface area (Å²) in [4.78, 5) is 25.2. The van der Waals surface area contributed by atoms with Crippen LogP contribution in [0.15, 0.2) is 65.3 Å². The van der Waals surface area contributed by atoms with Gasteiger partial charge in [-0.3, -0.25) is 4.79 Å². The molecule has 0 aliphatic heterocycles. The Morgan fingerprint density at radius 1 is 1.00 bits per heavy atom. The molecular formula is C24H21NO5. The van der Waals surface area contributed by atoms with Crippen LogP contribution in [0.1, 0.15) is 37.9 Å². The van der Waals surface area contributed by atoms with E-state index in [0.29, 0.717) is 12.1 Å². The van der Waals surface area contributed by atoms with Gasteiger partial charge >= 0.3 is 5.97 Å². The van der Waals surface area contributed by atoms with Crippen molar-refractivity contribution in [3.8, 4) is 5.75 Å². The van der Waals surface area contributed by atoms with E-state index in [0.717, 1.165) is 27.9 Å². The Kier molecular flexibility index (Phi) is 5.14. The van der Waals surface area contributed by atoms with Crippen molar-refractivity contribution in [2.45, 2.75) is 20.4 Å². The molecule has 0 aliphatic rings. The summed E-state index contributed by atoms with van der Waals surface area (Å²) < 4.78 is 12.6. The Hall–Kier alpha value is -3.80. The average Bonchev–Trinajstić information content (AvgIpc) is 3.35. The maximum Gasteiger partial charge on any atom is 0.342 e. The molecule has 0 amide bonds. The molecule has 6 heteroatoms. The fraction of sp³-hybridized carbons (Fsp3) is 0.167. The number of aryl methyl sites for hydroxylation is 1. The smallest absolute Gasteiger partial charge is 0.342 e. The molecule has 6 nitrogen and oxygen atoms in total. The van der Waals surface area contributed by atoms with Crippen molar-refractivity contribution in [2.75, 3.05) is 6.61 Å². The zero-order chi connectivity index (χ0) is 21.3. The first-order valence-corrected chi connectivity index (χ1v) is 9.55. The third kappa shape index (κ3) is 3.72. The number of aromatic nitrogens is 1. The molecule has 0 atom stereocenters.